The normalized spacial score (nSPS) is 51.6. The van der Waals surface area contributed by atoms with Crippen LogP contribution in [0, 0.1) is 50.2 Å². The number of carbonyl (C=O) groups excluding carboxylic acids is 1. The Labute approximate surface area is 334 Å². The molecule has 4 saturated carbocycles. The van der Waals surface area contributed by atoms with Gasteiger partial charge >= 0.3 is 11.9 Å². The molecule has 324 valence electrons. The van der Waals surface area contributed by atoms with Gasteiger partial charge in [-0.05, 0) is 109 Å². The van der Waals surface area contributed by atoms with Crippen LogP contribution in [0.15, 0.2) is 11.6 Å². The van der Waals surface area contributed by atoms with Gasteiger partial charge in [-0.2, -0.15) is 5.26 Å². The predicted molar refractivity (Wildman–Crippen MR) is 200 cm³/mol. The maximum atomic E-state index is 13.1. The van der Waals surface area contributed by atoms with E-state index in [0.29, 0.717) is 25.2 Å². The monoisotopic (exact) mass is 810 g/mol. The molecule has 7 aliphatic rings. The molecule has 15 heteroatoms. The Kier molecular flexibility index (Phi) is 11.2. The minimum absolute atomic E-state index is 0.0199. The van der Waals surface area contributed by atoms with Crippen molar-refractivity contribution in [3.8, 4) is 0 Å². The molecule has 0 unspecified atom stereocenters. The van der Waals surface area contributed by atoms with Gasteiger partial charge in [-0.15, -0.1) is 0 Å². The average Bonchev–Trinajstić information content (AvgIpc) is 3.15. The van der Waals surface area contributed by atoms with Crippen molar-refractivity contribution in [2.24, 2.45) is 50.2 Å². The molecule has 7 rings (SSSR count). The molecule has 0 aromatic rings. The summed E-state index contributed by atoms with van der Waals surface area (Å²) in [5.41, 5.74) is -0.0245. The summed E-state index contributed by atoms with van der Waals surface area (Å²) >= 11 is 0. The summed E-state index contributed by atoms with van der Waals surface area (Å²) in [4.78, 5) is 28.9. The van der Waals surface area contributed by atoms with Gasteiger partial charge in [0.15, 0.2) is 18.7 Å². The van der Waals surface area contributed by atoms with Gasteiger partial charge in [0.25, 0.3) is 0 Å². The number of aliphatic hydroxyl groups excluding tert-OH is 6. The largest absolute Gasteiger partial charge is 0.481 e. The van der Waals surface area contributed by atoms with E-state index in [1.807, 2.05) is 0 Å². The van der Waals surface area contributed by atoms with Gasteiger partial charge in [0, 0.05) is 0 Å². The Hall–Kier alpha value is -1.76. The number of carbonyl (C=O) groups is 2. The third kappa shape index (κ3) is 6.47. The third-order valence-electron chi connectivity index (χ3n) is 17.3. The Morgan fingerprint density at radius 1 is 0.772 bits per heavy atom. The second kappa shape index (κ2) is 14.7. The molecule has 0 bridgehead atoms. The molecule has 0 amide bonds. The molecule has 6 fully saturated rings. The van der Waals surface area contributed by atoms with E-state index >= 15 is 0 Å². The van der Waals surface area contributed by atoms with Crippen LogP contribution < -0.4 is 0 Å². The van der Waals surface area contributed by atoms with Crippen LogP contribution in [0.25, 0.3) is 0 Å². The summed E-state index contributed by atoms with van der Waals surface area (Å²) in [6.45, 7) is 15.5. The van der Waals surface area contributed by atoms with Crippen molar-refractivity contribution in [3.05, 3.63) is 11.6 Å². The van der Waals surface area contributed by atoms with E-state index in [1.54, 1.807) is 0 Å². The van der Waals surface area contributed by atoms with Crippen LogP contribution in [0.4, 0.5) is 0 Å². The van der Waals surface area contributed by atoms with Crippen LogP contribution >= 0.6 is 0 Å². The molecule has 0 radical (unpaired) electrons. The minimum Gasteiger partial charge on any atom is -0.481 e. The van der Waals surface area contributed by atoms with Crippen molar-refractivity contribution < 1.29 is 74.4 Å². The molecule has 5 aliphatic carbocycles. The second-order valence-corrected chi connectivity index (χ2v) is 20.8. The van der Waals surface area contributed by atoms with Gasteiger partial charge in [-0.25, -0.2) is 4.79 Å². The standard InChI is InChI=1S/C42H66O15/c1-37(2)14-16-42(36(50)51)17-15-40(6)20(21(42)18-37)8-9-24-39(5)12-11-25(38(3,4)23(39)10-13-41(24,40)7)54-35-32(28(46)26(44)22(19-43)53-35)56-34-30(48)27(45)29(47)31(55-34)33(49)57-52/h8,21-32,34-35,43-48,52H,9-19H2,1-7H3,(H,50,51)/t21-,22+,23-,24+,25-,26+,27-,28-,29-,30+,31-,32+,34-,35+,39-,40+,41+,42-/m0/s1. The van der Waals surface area contributed by atoms with E-state index in [4.69, 9.17) is 24.2 Å². The molecule has 8 N–H and O–H groups in total. The molecule has 0 aromatic heterocycles. The lowest BCUT2D eigenvalue weighted by molar-refractivity contribution is -0.377. The van der Waals surface area contributed by atoms with Crippen LogP contribution in [0.5, 0.6) is 0 Å². The van der Waals surface area contributed by atoms with Gasteiger partial charge in [0.1, 0.15) is 42.7 Å². The van der Waals surface area contributed by atoms with E-state index in [-0.39, 0.29) is 33.5 Å². The lowest BCUT2D eigenvalue weighted by atomic mass is 9.33. The number of aliphatic hydroxyl groups is 6. The SMILES string of the molecule is CC1(C)CC[C@]2(C(=O)O)CC[C@]3(C)C(=CC[C@@H]4[C@@]5(C)CC[C@H](O[C@H]6O[C@H](CO)[C@@H](O)[C@H](O)[C@H]6O[C@@H]6O[C@H](C(=O)OO)[C@@H](O)[C@H](O)[C@H]6O)C(C)(C)[C@@H]5CC[C@]43C)[C@@H]2C1. The highest BCUT2D eigenvalue weighted by molar-refractivity contribution is 5.77. The summed E-state index contributed by atoms with van der Waals surface area (Å²) in [5.74, 6) is -1.57. The van der Waals surface area contributed by atoms with Crippen LogP contribution in [-0.2, 0) is 33.4 Å². The first-order valence-electron chi connectivity index (χ1n) is 21.0. The Morgan fingerprint density at radius 2 is 1.46 bits per heavy atom. The highest BCUT2D eigenvalue weighted by Crippen LogP contribution is 2.76. The van der Waals surface area contributed by atoms with Crippen molar-refractivity contribution in [1.82, 2.24) is 0 Å². The van der Waals surface area contributed by atoms with Crippen LogP contribution in [-0.4, -0.2) is 127 Å². The van der Waals surface area contributed by atoms with Crippen molar-refractivity contribution in [3.63, 3.8) is 0 Å². The molecular formula is C42H66O15. The number of ether oxygens (including phenoxy) is 4. The average molecular weight is 811 g/mol. The fourth-order valence-corrected chi connectivity index (χ4v) is 13.7. The molecule has 2 heterocycles. The maximum Gasteiger partial charge on any atom is 0.373 e. The second-order valence-electron chi connectivity index (χ2n) is 20.8. The zero-order chi connectivity index (χ0) is 41.8. The summed E-state index contributed by atoms with van der Waals surface area (Å²) in [6, 6.07) is 0. The van der Waals surface area contributed by atoms with Crippen molar-refractivity contribution in [1.29, 1.82) is 0 Å². The summed E-state index contributed by atoms with van der Waals surface area (Å²) < 4.78 is 24.1. The maximum absolute atomic E-state index is 13.1. The van der Waals surface area contributed by atoms with E-state index in [2.05, 4.69) is 59.4 Å². The Balaban J connectivity index is 1.15. The van der Waals surface area contributed by atoms with Crippen molar-refractivity contribution >= 4 is 11.9 Å². The van der Waals surface area contributed by atoms with Crippen molar-refractivity contribution in [2.75, 3.05) is 6.61 Å². The molecule has 57 heavy (non-hydrogen) atoms. The number of hydrogen-bond acceptors (Lipinski definition) is 14. The number of aliphatic carboxylic acids is 1. The fourth-order valence-electron chi connectivity index (χ4n) is 13.7. The van der Waals surface area contributed by atoms with Gasteiger partial charge in [-0.3, -0.25) is 9.68 Å². The minimum atomic E-state index is -1.98. The zero-order valence-corrected chi connectivity index (χ0v) is 34.4. The summed E-state index contributed by atoms with van der Waals surface area (Å²) in [5, 5.41) is 83.4. The number of hydrogen-bond donors (Lipinski definition) is 8. The van der Waals surface area contributed by atoms with E-state index in [9.17, 15) is 45.3 Å². The molecule has 15 nitrogen and oxygen atoms in total. The number of fused-ring (bicyclic) bond motifs is 7. The van der Waals surface area contributed by atoms with E-state index < -0.39 is 96.9 Å². The highest BCUT2D eigenvalue weighted by atomic mass is 17.1. The summed E-state index contributed by atoms with van der Waals surface area (Å²) in [6.07, 6.45) is -7.16. The van der Waals surface area contributed by atoms with Gasteiger partial charge in [0.05, 0.1) is 18.1 Å². The highest BCUT2D eigenvalue weighted by Gasteiger charge is 2.70. The molecular weight excluding hydrogens is 744 g/mol. The molecule has 0 spiro atoms. The van der Waals surface area contributed by atoms with E-state index in [0.717, 1.165) is 44.9 Å². The lowest BCUT2D eigenvalue weighted by Crippen LogP contribution is -2.67. The fraction of sp³-hybridized carbons (Fsp3) is 0.905. The number of rotatable bonds is 7. The third-order valence-corrected chi connectivity index (χ3v) is 17.3. The quantitative estimate of drug-likeness (QED) is 0.0798. The first kappa shape index (κ1) is 43.3. The Morgan fingerprint density at radius 3 is 2.11 bits per heavy atom. The topological polar surface area (TPSA) is 242 Å². The molecule has 2 aliphatic heterocycles. The molecule has 18 atom stereocenters. The van der Waals surface area contributed by atoms with Crippen molar-refractivity contribution in [2.45, 2.75) is 180 Å². The summed E-state index contributed by atoms with van der Waals surface area (Å²) in [7, 11) is 0. The smallest absolute Gasteiger partial charge is 0.373 e. The van der Waals surface area contributed by atoms with Crippen LogP contribution in [0.3, 0.4) is 0 Å². The van der Waals surface area contributed by atoms with E-state index in [1.165, 1.54) is 5.57 Å². The number of allylic oxidation sites excluding steroid dienone is 2. The van der Waals surface area contributed by atoms with Gasteiger partial charge < -0.3 is 54.7 Å². The zero-order valence-electron chi connectivity index (χ0n) is 34.4. The lowest BCUT2D eigenvalue weighted by Gasteiger charge is -2.71. The van der Waals surface area contributed by atoms with Crippen LogP contribution in [0.2, 0.25) is 0 Å². The molecule has 2 saturated heterocycles. The molecule has 0 aromatic carbocycles. The first-order valence-corrected chi connectivity index (χ1v) is 21.0. The van der Waals surface area contributed by atoms with Gasteiger partial charge in [0.2, 0.25) is 0 Å². The number of carboxylic acid groups (broad SMARTS) is 1. The van der Waals surface area contributed by atoms with Crippen LogP contribution in [0.1, 0.15) is 113 Å². The van der Waals surface area contributed by atoms with Gasteiger partial charge in [-0.1, -0.05) is 60.1 Å². The predicted octanol–water partition coefficient (Wildman–Crippen LogP) is 2.91. The number of carboxylic acids is 1. The Bertz CT molecular complexity index is 1580. The first-order chi connectivity index (χ1) is 26.5.